The van der Waals surface area contributed by atoms with E-state index in [1.54, 1.807) is 18.2 Å². The van der Waals surface area contributed by atoms with Crippen LogP contribution in [-0.4, -0.2) is 15.5 Å². The van der Waals surface area contributed by atoms with Gasteiger partial charge < -0.3 is 10.5 Å². The normalized spacial score (nSPS) is 11.1. The molecule has 3 N–H and O–H groups in total. The lowest BCUT2D eigenvalue weighted by Gasteiger charge is -2.13. The second-order valence-corrected chi connectivity index (χ2v) is 6.05. The van der Waals surface area contributed by atoms with Gasteiger partial charge in [-0.1, -0.05) is 23.7 Å². The minimum Gasteiger partial charge on any atom is -0.494 e. The van der Waals surface area contributed by atoms with E-state index < -0.39 is 10.0 Å². The van der Waals surface area contributed by atoms with Crippen LogP contribution in [0.25, 0.3) is 0 Å². The summed E-state index contributed by atoms with van der Waals surface area (Å²) in [4.78, 5) is 0.000504. The van der Waals surface area contributed by atoms with E-state index in [1.807, 2.05) is 0 Å². The fraction of sp³-hybridized carbons (Fsp3) is 0.0769. The van der Waals surface area contributed by atoms with E-state index >= 15 is 0 Å². The lowest BCUT2D eigenvalue weighted by Crippen LogP contribution is -2.14. The number of anilines is 2. The highest BCUT2D eigenvalue weighted by atomic mass is 35.5. The Hall–Kier alpha value is -1.92. The molecule has 0 aliphatic heterocycles. The third-order valence-electron chi connectivity index (χ3n) is 2.60. The molecule has 0 unspecified atom stereocenters. The third-order valence-corrected chi connectivity index (χ3v) is 4.46. The Morgan fingerprint density at radius 1 is 1.20 bits per heavy atom. The number of rotatable bonds is 4. The Morgan fingerprint density at radius 2 is 1.90 bits per heavy atom. The van der Waals surface area contributed by atoms with Crippen molar-refractivity contribution in [2.45, 2.75) is 4.90 Å². The summed E-state index contributed by atoms with van der Waals surface area (Å²) in [6.07, 6.45) is 0. The zero-order valence-corrected chi connectivity index (χ0v) is 12.2. The average molecular weight is 313 g/mol. The molecule has 0 spiro atoms. The second kappa shape index (κ2) is 5.60. The van der Waals surface area contributed by atoms with E-state index in [2.05, 4.69) is 4.72 Å². The van der Waals surface area contributed by atoms with Gasteiger partial charge in [0.15, 0.2) is 0 Å². The second-order valence-electron chi connectivity index (χ2n) is 4.00. The largest absolute Gasteiger partial charge is 0.494 e. The summed E-state index contributed by atoms with van der Waals surface area (Å²) in [6, 6.07) is 10.8. The van der Waals surface area contributed by atoms with E-state index in [-0.39, 0.29) is 9.92 Å². The summed E-state index contributed by atoms with van der Waals surface area (Å²) < 4.78 is 32.1. The van der Waals surface area contributed by atoms with Crippen molar-refractivity contribution in [1.82, 2.24) is 0 Å². The molecule has 0 saturated heterocycles. The molecule has 2 aromatic rings. The maximum atomic E-state index is 12.3. The van der Waals surface area contributed by atoms with Crippen LogP contribution in [0.3, 0.4) is 0 Å². The monoisotopic (exact) mass is 312 g/mol. The Labute approximate surface area is 122 Å². The van der Waals surface area contributed by atoms with Crippen LogP contribution < -0.4 is 15.2 Å². The molecule has 7 heteroatoms. The van der Waals surface area contributed by atoms with Crippen molar-refractivity contribution >= 4 is 33.0 Å². The van der Waals surface area contributed by atoms with Gasteiger partial charge in [-0.15, -0.1) is 0 Å². The third kappa shape index (κ3) is 2.97. The van der Waals surface area contributed by atoms with Gasteiger partial charge in [-0.3, -0.25) is 4.72 Å². The molecule has 2 rings (SSSR count). The number of nitrogen functional groups attached to an aromatic ring is 1. The molecule has 106 valence electrons. The van der Waals surface area contributed by atoms with E-state index in [9.17, 15) is 8.42 Å². The molecule has 0 radical (unpaired) electrons. The van der Waals surface area contributed by atoms with Gasteiger partial charge in [0.2, 0.25) is 0 Å². The standard InChI is InChI=1S/C13H13ClN2O3S/c1-19-12-8-9(15)6-7-11(12)16-20(17,18)13-5-3-2-4-10(13)14/h2-8,16H,15H2,1H3. The van der Waals surface area contributed by atoms with Crippen LogP contribution in [0.1, 0.15) is 0 Å². The molecule has 5 nitrogen and oxygen atoms in total. The fourth-order valence-corrected chi connectivity index (χ4v) is 3.25. The zero-order chi connectivity index (χ0) is 14.8. The molecule has 0 aromatic heterocycles. The number of ether oxygens (including phenoxy) is 1. The molecule has 20 heavy (non-hydrogen) atoms. The van der Waals surface area contributed by atoms with E-state index in [0.29, 0.717) is 17.1 Å². The van der Waals surface area contributed by atoms with Gasteiger partial charge in [-0.2, -0.15) is 0 Å². The maximum absolute atomic E-state index is 12.3. The van der Waals surface area contributed by atoms with Crippen molar-refractivity contribution in [2.24, 2.45) is 0 Å². The highest BCUT2D eigenvalue weighted by Gasteiger charge is 2.19. The first-order valence-electron chi connectivity index (χ1n) is 5.65. The quantitative estimate of drug-likeness (QED) is 0.851. The van der Waals surface area contributed by atoms with Gasteiger partial charge in [0.05, 0.1) is 17.8 Å². The van der Waals surface area contributed by atoms with Gasteiger partial charge in [-0.05, 0) is 24.3 Å². The molecule has 0 amide bonds. The minimum absolute atomic E-state index is 0.000504. The number of nitrogens with one attached hydrogen (secondary N) is 1. The summed E-state index contributed by atoms with van der Waals surface area (Å²) in [5.41, 5.74) is 6.39. The van der Waals surface area contributed by atoms with Crippen molar-refractivity contribution < 1.29 is 13.2 Å². The first-order chi connectivity index (χ1) is 9.44. The Morgan fingerprint density at radius 3 is 2.55 bits per heavy atom. The van der Waals surface area contributed by atoms with Crippen LogP contribution in [0.2, 0.25) is 5.02 Å². The Kier molecular flexibility index (Phi) is 4.06. The Bertz CT molecular complexity index is 732. The molecular formula is C13H13ClN2O3S. The lowest BCUT2D eigenvalue weighted by atomic mass is 10.2. The first kappa shape index (κ1) is 14.5. The van der Waals surface area contributed by atoms with Gasteiger partial charge in [0.1, 0.15) is 10.6 Å². The molecule has 0 aliphatic carbocycles. The molecule has 0 bridgehead atoms. The number of nitrogens with two attached hydrogens (primary N) is 1. The van der Waals surface area contributed by atoms with Crippen LogP contribution in [0.5, 0.6) is 5.75 Å². The highest BCUT2D eigenvalue weighted by molar-refractivity contribution is 7.92. The van der Waals surface area contributed by atoms with E-state index in [0.717, 1.165) is 0 Å². The van der Waals surface area contributed by atoms with Crippen molar-refractivity contribution in [3.8, 4) is 5.75 Å². The maximum Gasteiger partial charge on any atom is 0.263 e. The number of sulfonamides is 1. The molecule has 0 aliphatic rings. The van der Waals surface area contributed by atoms with Crippen LogP contribution in [0.4, 0.5) is 11.4 Å². The number of halogens is 1. The first-order valence-corrected chi connectivity index (χ1v) is 7.51. The van der Waals surface area contributed by atoms with Crippen LogP contribution in [0, 0.1) is 0 Å². The molecule has 0 fully saturated rings. The van der Waals surface area contributed by atoms with Crippen LogP contribution in [0.15, 0.2) is 47.4 Å². The highest BCUT2D eigenvalue weighted by Crippen LogP contribution is 2.30. The van der Waals surface area contributed by atoms with Gasteiger partial charge >= 0.3 is 0 Å². The molecule has 0 saturated carbocycles. The average Bonchev–Trinajstić information content (AvgIpc) is 2.41. The summed E-state index contributed by atoms with van der Waals surface area (Å²) in [7, 11) is -2.36. The lowest BCUT2D eigenvalue weighted by molar-refractivity contribution is 0.417. The van der Waals surface area contributed by atoms with Gasteiger partial charge in [0, 0.05) is 11.8 Å². The minimum atomic E-state index is -3.79. The van der Waals surface area contributed by atoms with Crippen molar-refractivity contribution in [1.29, 1.82) is 0 Å². The Balaban J connectivity index is 2.41. The van der Waals surface area contributed by atoms with E-state index in [1.165, 1.54) is 31.4 Å². The smallest absolute Gasteiger partial charge is 0.263 e. The molecule has 2 aromatic carbocycles. The summed E-state index contributed by atoms with van der Waals surface area (Å²) in [5.74, 6) is 0.334. The SMILES string of the molecule is COc1cc(N)ccc1NS(=O)(=O)c1ccccc1Cl. The van der Waals surface area contributed by atoms with Gasteiger partial charge in [-0.25, -0.2) is 8.42 Å². The van der Waals surface area contributed by atoms with Crippen molar-refractivity contribution in [3.63, 3.8) is 0 Å². The number of hydrogen-bond donors (Lipinski definition) is 2. The van der Waals surface area contributed by atoms with Crippen molar-refractivity contribution in [2.75, 3.05) is 17.6 Å². The zero-order valence-electron chi connectivity index (χ0n) is 10.6. The number of methoxy groups -OCH3 is 1. The number of benzene rings is 2. The molecule has 0 heterocycles. The van der Waals surface area contributed by atoms with Crippen LogP contribution in [-0.2, 0) is 10.0 Å². The van der Waals surface area contributed by atoms with Crippen LogP contribution >= 0.6 is 11.6 Å². The predicted octanol–water partition coefficient (Wildman–Crippen LogP) is 2.73. The topological polar surface area (TPSA) is 81.4 Å². The summed E-state index contributed by atoms with van der Waals surface area (Å²) in [6.45, 7) is 0. The number of hydrogen-bond acceptors (Lipinski definition) is 4. The van der Waals surface area contributed by atoms with Gasteiger partial charge in [0.25, 0.3) is 10.0 Å². The summed E-state index contributed by atoms with van der Waals surface area (Å²) >= 11 is 5.90. The van der Waals surface area contributed by atoms with Crippen molar-refractivity contribution in [3.05, 3.63) is 47.5 Å². The molecular weight excluding hydrogens is 300 g/mol. The summed E-state index contributed by atoms with van der Waals surface area (Å²) in [5, 5.41) is 0.148. The fourth-order valence-electron chi connectivity index (χ4n) is 1.65. The predicted molar refractivity (Wildman–Crippen MR) is 79.7 cm³/mol. The molecule has 0 atom stereocenters. The van der Waals surface area contributed by atoms with E-state index in [4.69, 9.17) is 22.1 Å².